The number of nitrogens with two attached hydrogens (primary N) is 1. The number of likely N-dealkylation sites (tertiary alicyclic amines) is 1. The van der Waals surface area contributed by atoms with E-state index in [9.17, 15) is 9.59 Å². The highest BCUT2D eigenvalue weighted by Gasteiger charge is 2.26. The first-order chi connectivity index (χ1) is 12.5. The van der Waals surface area contributed by atoms with E-state index in [1.165, 1.54) is 4.70 Å². The van der Waals surface area contributed by atoms with Gasteiger partial charge in [0.15, 0.2) is 0 Å². The van der Waals surface area contributed by atoms with E-state index in [1.54, 1.807) is 11.3 Å². The minimum atomic E-state index is -0.576. The fraction of sp³-hybridized carbons (Fsp3) is 0.526. The number of hydrogen-bond acceptors (Lipinski definition) is 5. The van der Waals surface area contributed by atoms with Gasteiger partial charge in [-0.05, 0) is 30.9 Å². The number of fused-ring (bicyclic) bond motifs is 1. The molecule has 140 valence electrons. The minimum Gasteiger partial charge on any atom is -0.346 e. The van der Waals surface area contributed by atoms with E-state index < -0.39 is 6.04 Å². The highest BCUT2D eigenvalue weighted by Crippen LogP contribution is 2.33. The summed E-state index contributed by atoms with van der Waals surface area (Å²) in [6.45, 7) is 5.19. The minimum absolute atomic E-state index is 0.0189. The Hall–Kier alpha value is -1.99. The molecule has 1 aliphatic rings. The predicted octanol–water partition coefficient (Wildman–Crippen LogP) is 2.10. The van der Waals surface area contributed by atoms with Gasteiger partial charge in [0.1, 0.15) is 0 Å². The summed E-state index contributed by atoms with van der Waals surface area (Å²) in [5, 5.41) is 3.82. The van der Waals surface area contributed by atoms with Crippen LogP contribution in [0.1, 0.15) is 37.6 Å². The Morgan fingerprint density at radius 3 is 2.65 bits per heavy atom. The number of piperidine rings is 1. The number of thiazole rings is 1. The molecule has 0 bridgehead atoms. The average molecular weight is 375 g/mol. The molecule has 0 saturated carbocycles. The third-order valence-electron chi connectivity index (χ3n) is 4.94. The van der Waals surface area contributed by atoms with Crippen molar-refractivity contribution in [3.8, 4) is 0 Å². The predicted molar refractivity (Wildman–Crippen MR) is 104 cm³/mol. The SMILES string of the molecule is CC(C)[C@H](N)C(=O)NCC(=O)N1CCC(c2nc3ccccc3s2)CC1. The second kappa shape index (κ2) is 8.14. The van der Waals surface area contributed by atoms with Crippen LogP contribution in [0.4, 0.5) is 0 Å². The van der Waals surface area contributed by atoms with Gasteiger partial charge in [-0.25, -0.2) is 4.98 Å². The monoisotopic (exact) mass is 374 g/mol. The van der Waals surface area contributed by atoms with Crippen LogP contribution in [0.25, 0.3) is 10.2 Å². The first-order valence-corrected chi connectivity index (χ1v) is 9.94. The van der Waals surface area contributed by atoms with Crippen molar-refractivity contribution in [2.75, 3.05) is 19.6 Å². The Labute approximate surface area is 157 Å². The zero-order valence-electron chi connectivity index (χ0n) is 15.3. The summed E-state index contributed by atoms with van der Waals surface area (Å²) >= 11 is 1.75. The van der Waals surface area contributed by atoms with Gasteiger partial charge in [0.25, 0.3) is 0 Å². The summed E-state index contributed by atoms with van der Waals surface area (Å²) in [6.07, 6.45) is 1.82. The molecule has 1 aromatic heterocycles. The van der Waals surface area contributed by atoms with Crippen molar-refractivity contribution in [3.63, 3.8) is 0 Å². The molecule has 1 fully saturated rings. The van der Waals surface area contributed by atoms with Gasteiger partial charge >= 0.3 is 0 Å². The number of benzene rings is 1. The van der Waals surface area contributed by atoms with Crippen LogP contribution in [0.2, 0.25) is 0 Å². The number of para-hydroxylation sites is 1. The molecule has 1 saturated heterocycles. The molecule has 26 heavy (non-hydrogen) atoms. The van der Waals surface area contributed by atoms with Gasteiger partial charge < -0.3 is 16.0 Å². The number of carbonyl (C=O) groups excluding carboxylic acids is 2. The lowest BCUT2D eigenvalue weighted by molar-refractivity contribution is -0.134. The van der Waals surface area contributed by atoms with E-state index in [1.807, 2.05) is 36.9 Å². The van der Waals surface area contributed by atoms with Gasteiger partial charge in [-0.2, -0.15) is 0 Å². The Morgan fingerprint density at radius 2 is 2.00 bits per heavy atom. The normalized spacial score (nSPS) is 16.8. The number of amides is 2. The first kappa shape index (κ1) is 18.8. The third-order valence-corrected chi connectivity index (χ3v) is 6.14. The van der Waals surface area contributed by atoms with Gasteiger partial charge in [-0.15, -0.1) is 11.3 Å². The molecule has 2 amide bonds. The molecule has 3 rings (SSSR count). The van der Waals surface area contributed by atoms with Crippen LogP contribution in [0.5, 0.6) is 0 Å². The maximum atomic E-state index is 12.3. The van der Waals surface area contributed by atoms with E-state index in [2.05, 4.69) is 11.4 Å². The lowest BCUT2D eigenvalue weighted by atomic mass is 9.97. The van der Waals surface area contributed by atoms with Crippen LogP contribution in [0.15, 0.2) is 24.3 Å². The van der Waals surface area contributed by atoms with Crippen molar-refractivity contribution in [3.05, 3.63) is 29.3 Å². The second-order valence-corrected chi connectivity index (χ2v) is 8.22. The summed E-state index contributed by atoms with van der Waals surface area (Å²) in [6, 6.07) is 7.60. The lowest BCUT2D eigenvalue weighted by Crippen LogP contribution is -2.49. The number of carbonyl (C=O) groups is 2. The standard InChI is InChI=1S/C19H26N4O2S/c1-12(2)17(20)18(25)21-11-16(24)23-9-7-13(8-10-23)19-22-14-5-3-4-6-15(14)26-19/h3-6,12-13,17H,7-11,20H2,1-2H3,(H,21,25)/t17-/m0/s1. The molecular formula is C19H26N4O2S. The van der Waals surface area contributed by atoms with Gasteiger partial charge in [-0.1, -0.05) is 26.0 Å². The van der Waals surface area contributed by atoms with Gasteiger partial charge in [0, 0.05) is 19.0 Å². The summed E-state index contributed by atoms with van der Waals surface area (Å²) < 4.78 is 1.21. The molecule has 0 spiro atoms. The van der Waals surface area contributed by atoms with Crippen LogP contribution in [-0.4, -0.2) is 47.4 Å². The number of nitrogens with zero attached hydrogens (tertiary/aromatic N) is 2. The fourth-order valence-corrected chi connectivity index (χ4v) is 4.27. The summed E-state index contributed by atoms with van der Waals surface area (Å²) in [5.74, 6) is 0.143. The summed E-state index contributed by atoms with van der Waals surface area (Å²) in [4.78, 5) is 30.8. The number of rotatable bonds is 5. The number of hydrogen-bond donors (Lipinski definition) is 2. The Morgan fingerprint density at radius 1 is 1.31 bits per heavy atom. The maximum absolute atomic E-state index is 12.3. The lowest BCUT2D eigenvalue weighted by Gasteiger charge is -2.31. The Balaban J connectivity index is 1.50. The van der Waals surface area contributed by atoms with Crippen molar-refractivity contribution >= 4 is 33.4 Å². The number of aromatic nitrogens is 1. The molecule has 2 aromatic rings. The fourth-order valence-electron chi connectivity index (χ4n) is 3.14. The van der Waals surface area contributed by atoms with Crippen LogP contribution >= 0.6 is 11.3 Å². The highest BCUT2D eigenvalue weighted by molar-refractivity contribution is 7.18. The molecule has 1 aliphatic heterocycles. The third kappa shape index (κ3) is 4.22. The smallest absolute Gasteiger partial charge is 0.241 e. The molecule has 0 radical (unpaired) electrons. The topological polar surface area (TPSA) is 88.3 Å². The highest BCUT2D eigenvalue weighted by atomic mass is 32.1. The molecular weight excluding hydrogens is 348 g/mol. The zero-order chi connectivity index (χ0) is 18.7. The van der Waals surface area contributed by atoms with Crippen LogP contribution in [0, 0.1) is 5.92 Å². The van der Waals surface area contributed by atoms with Crippen LogP contribution in [0.3, 0.4) is 0 Å². The molecule has 0 aliphatic carbocycles. The number of nitrogens with one attached hydrogen (secondary N) is 1. The van der Waals surface area contributed by atoms with Gasteiger partial charge in [0.2, 0.25) is 11.8 Å². The Bertz CT molecular complexity index is 748. The van der Waals surface area contributed by atoms with E-state index in [4.69, 9.17) is 10.7 Å². The van der Waals surface area contributed by atoms with E-state index in [0.29, 0.717) is 19.0 Å². The Kier molecular flexibility index (Phi) is 5.88. The molecule has 3 N–H and O–H groups in total. The van der Waals surface area contributed by atoms with Crippen molar-refractivity contribution < 1.29 is 9.59 Å². The van der Waals surface area contributed by atoms with Crippen LogP contribution in [-0.2, 0) is 9.59 Å². The average Bonchev–Trinajstić information content (AvgIpc) is 3.09. The molecule has 7 heteroatoms. The van der Waals surface area contributed by atoms with Crippen molar-refractivity contribution in [2.45, 2.75) is 38.6 Å². The van der Waals surface area contributed by atoms with Crippen molar-refractivity contribution in [1.82, 2.24) is 15.2 Å². The molecule has 0 unspecified atom stereocenters. The molecule has 6 nitrogen and oxygen atoms in total. The largest absolute Gasteiger partial charge is 0.346 e. The molecule has 2 heterocycles. The molecule has 1 aromatic carbocycles. The van der Waals surface area contributed by atoms with Gasteiger partial charge in [0.05, 0.1) is 27.8 Å². The first-order valence-electron chi connectivity index (χ1n) is 9.12. The van der Waals surface area contributed by atoms with Crippen LogP contribution < -0.4 is 11.1 Å². The summed E-state index contributed by atoms with van der Waals surface area (Å²) in [5.41, 5.74) is 6.85. The van der Waals surface area contributed by atoms with E-state index in [-0.39, 0.29) is 24.3 Å². The zero-order valence-corrected chi connectivity index (χ0v) is 16.1. The van der Waals surface area contributed by atoms with Crippen molar-refractivity contribution in [2.24, 2.45) is 11.7 Å². The van der Waals surface area contributed by atoms with E-state index in [0.717, 1.165) is 23.4 Å². The van der Waals surface area contributed by atoms with Crippen molar-refractivity contribution in [1.29, 1.82) is 0 Å². The quantitative estimate of drug-likeness (QED) is 0.839. The van der Waals surface area contributed by atoms with E-state index >= 15 is 0 Å². The summed E-state index contributed by atoms with van der Waals surface area (Å²) in [7, 11) is 0. The van der Waals surface area contributed by atoms with Gasteiger partial charge in [-0.3, -0.25) is 9.59 Å². The molecule has 1 atom stereocenters. The maximum Gasteiger partial charge on any atom is 0.241 e. The second-order valence-electron chi connectivity index (χ2n) is 7.16.